The molecule has 0 aliphatic heterocycles. The van der Waals surface area contributed by atoms with Crippen molar-refractivity contribution in [2.24, 2.45) is 5.84 Å². The molecule has 0 amide bonds. The van der Waals surface area contributed by atoms with Crippen molar-refractivity contribution in [1.29, 1.82) is 0 Å². The molecule has 1 aromatic carbocycles. The second kappa shape index (κ2) is 7.54. The van der Waals surface area contributed by atoms with Crippen LogP contribution in [0, 0.1) is 0 Å². The van der Waals surface area contributed by atoms with E-state index in [0.29, 0.717) is 0 Å². The van der Waals surface area contributed by atoms with Gasteiger partial charge in [0.05, 0.1) is 0 Å². The minimum absolute atomic E-state index is 0.737. The van der Waals surface area contributed by atoms with Crippen molar-refractivity contribution in [3.8, 4) is 0 Å². The maximum atomic E-state index is 5.11. The molecule has 0 saturated heterocycles. The average molecular weight is 173 g/mol. The molecular weight excluding hydrogens is 160 g/mol. The van der Waals surface area contributed by atoms with Crippen molar-refractivity contribution < 1.29 is 0 Å². The van der Waals surface area contributed by atoms with Crippen molar-refractivity contribution in [2.45, 2.75) is 6.54 Å². The normalized spacial score (nSPS) is 8.27. The third kappa shape index (κ3) is 4.79. The molecule has 0 spiro atoms. The van der Waals surface area contributed by atoms with Gasteiger partial charge in [-0.2, -0.15) is 0 Å². The van der Waals surface area contributed by atoms with Crippen LogP contribution in [0.1, 0.15) is 5.56 Å². The van der Waals surface area contributed by atoms with E-state index in [1.807, 2.05) is 30.3 Å². The lowest BCUT2D eigenvalue weighted by Gasteiger charge is -1.95. The number of nitrogens with two attached hydrogens (primary N) is 1. The first-order valence-corrected chi connectivity index (χ1v) is 4.04. The lowest BCUT2D eigenvalue weighted by molar-refractivity contribution is 0.741. The zero-order chi connectivity index (χ0) is 8.53. The predicted octanol–water partition coefficient (Wildman–Crippen LogP) is 1.50. The maximum absolute atomic E-state index is 5.11. The molecule has 0 aromatic heterocycles. The molecule has 62 valence electrons. The second-order valence-corrected chi connectivity index (χ2v) is 1.87. The third-order valence-electron chi connectivity index (χ3n) is 1.15. The first kappa shape index (κ1) is 10.4. The number of alkyl halides is 1. The summed E-state index contributed by atoms with van der Waals surface area (Å²) in [6.07, 6.45) is 1.47. The van der Waals surface area contributed by atoms with Crippen LogP contribution >= 0.6 is 11.6 Å². The Labute approximate surface area is 72.3 Å². The van der Waals surface area contributed by atoms with Crippen LogP contribution in [-0.4, -0.2) is 6.38 Å². The zero-order valence-corrected chi connectivity index (χ0v) is 7.31. The first-order valence-electron chi connectivity index (χ1n) is 3.28. The Morgan fingerprint density at radius 1 is 1.27 bits per heavy atom. The molecule has 0 atom stereocenters. The number of nitrogens with one attached hydrogen (secondary N) is 1. The number of hydrogen-bond donors (Lipinski definition) is 2. The molecule has 1 aromatic rings. The van der Waals surface area contributed by atoms with Gasteiger partial charge in [0, 0.05) is 12.9 Å². The van der Waals surface area contributed by atoms with Crippen LogP contribution in [0.5, 0.6) is 0 Å². The van der Waals surface area contributed by atoms with E-state index < -0.39 is 0 Å². The Bertz CT molecular complexity index is 165. The van der Waals surface area contributed by atoms with E-state index in [-0.39, 0.29) is 0 Å². The zero-order valence-electron chi connectivity index (χ0n) is 6.55. The molecule has 0 unspecified atom stereocenters. The number of hydrazine groups is 1. The van der Waals surface area contributed by atoms with Gasteiger partial charge in [-0.3, -0.25) is 11.3 Å². The van der Waals surface area contributed by atoms with Crippen LogP contribution in [0.25, 0.3) is 0 Å². The Kier molecular flexibility index (Phi) is 7.15. The first-order chi connectivity index (χ1) is 5.43. The lowest BCUT2D eigenvalue weighted by Crippen LogP contribution is -2.20. The third-order valence-corrected chi connectivity index (χ3v) is 1.15. The highest BCUT2D eigenvalue weighted by atomic mass is 35.5. The fourth-order valence-electron chi connectivity index (χ4n) is 0.714. The van der Waals surface area contributed by atoms with Gasteiger partial charge in [-0.15, -0.1) is 11.6 Å². The molecular formula is C8H13ClN2. The van der Waals surface area contributed by atoms with Crippen molar-refractivity contribution in [3.63, 3.8) is 0 Å². The number of halogens is 1. The molecule has 0 radical (unpaired) electrons. The Balaban J connectivity index is 0.000000461. The maximum Gasteiger partial charge on any atom is 0.0348 e. The van der Waals surface area contributed by atoms with Crippen LogP contribution < -0.4 is 11.3 Å². The van der Waals surface area contributed by atoms with E-state index in [0.717, 1.165) is 6.54 Å². The summed E-state index contributed by atoms with van der Waals surface area (Å²) in [5.41, 5.74) is 3.79. The number of rotatable bonds is 2. The van der Waals surface area contributed by atoms with E-state index >= 15 is 0 Å². The Morgan fingerprint density at radius 2 is 1.82 bits per heavy atom. The number of benzene rings is 1. The highest BCUT2D eigenvalue weighted by molar-refractivity contribution is 6.15. The summed E-state index contributed by atoms with van der Waals surface area (Å²) in [6.45, 7) is 0.737. The van der Waals surface area contributed by atoms with Crippen molar-refractivity contribution >= 4 is 11.6 Å². The van der Waals surface area contributed by atoms with Crippen LogP contribution in [-0.2, 0) is 6.54 Å². The van der Waals surface area contributed by atoms with Gasteiger partial charge in [-0.05, 0) is 5.56 Å². The van der Waals surface area contributed by atoms with Gasteiger partial charge in [-0.25, -0.2) is 0 Å². The van der Waals surface area contributed by atoms with Gasteiger partial charge in [0.15, 0.2) is 0 Å². The molecule has 0 fully saturated rings. The van der Waals surface area contributed by atoms with Gasteiger partial charge in [0.2, 0.25) is 0 Å². The molecule has 1 rings (SSSR count). The highest BCUT2D eigenvalue weighted by Crippen LogP contribution is 1.95. The van der Waals surface area contributed by atoms with Crippen LogP contribution in [0.15, 0.2) is 30.3 Å². The lowest BCUT2D eigenvalue weighted by atomic mass is 10.2. The van der Waals surface area contributed by atoms with Gasteiger partial charge in [0.25, 0.3) is 0 Å². The van der Waals surface area contributed by atoms with Gasteiger partial charge in [0.1, 0.15) is 0 Å². The molecule has 0 heterocycles. The summed E-state index contributed by atoms with van der Waals surface area (Å²) >= 11 is 4.64. The fourth-order valence-corrected chi connectivity index (χ4v) is 0.714. The fraction of sp³-hybridized carbons (Fsp3) is 0.250. The summed E-state index contributed by atoms with van der Waals surface area (Å²) in [6, 6.07) is 10.0. The quantitative estimate of drug-likeness (QED) is 0.403. The minimum Gasteiger partial charge on any atom is -0.271 e. The largest absolute Gasteiger partial charge is 0.271 e. The molecule has 11 heavy (non-hydrogen) atoms. The van der Waals surface area contributed by atoms with Crippen LogP contribution in [0.4, 0.5) is 0 Å². The smallest absolute Gasteiger partial charge is 0.0348 e. The Hall–Kier alpha value is -0.570. The monoisotopic (exact) mass is 172 g/mol. The molecule has 0 aliphatic carbocycles. The van der Waals surface area contributed by atoms with Crippen molar-refractivity contribution in [3.05, 3.63) is 35.9 Å². The number of hydrogen-bond acceptors (Lipinski definition) is 2. The second-order valence-electron chi connectivity index (χ2n) is 1.87. The molecule has 0 bridgehead atoms. The van der Waals surface area contributed by atoms with E-state index in [1.54, 1.807) is 0 Å². The van der Waals surface area contributed by atoms with Crippen LogP contribution in [0.3, 0.4) is 0 Å². The van der Waals surface area contributed by atoms with Crippen molar-refractivity contribution in [2.75, 3.05) is 6.38 Å². The van der Waals surface area contributed by atoms with Gasteiger partial charge in [-0.1, -0.05) is 30.3 Å². The van der Waals surface area contributed by atoms with E-state index in [2.05, 4.69) is 17.0 Å². The minimum atomic E-state index is 0.737. The molecule has 3 heteroatoms. The van der Waals surface area contributed by atoms with Gasteiger partial charge < -0.3 is 0 Å². The molecule has 3 N–H and O–H groups in total. The average Bonchev–Trinajstić information content (AvgIpc) is 2.11. The summed E-state index contributed by atoms with van der Waals surface area (Å²) in [5, 5.41) is 0. The highest BCUT2D eigenvalue weighted by Gasteiger charge is 1.83. The van der Waals surface area contributed by atoms with E-state index in [1.165, 1.54) is 11.9 Å². The summed E-state index contributed by atoms with van der Waals surface area (Å²) < 4.78 is 0. The summed E-state index contributed by atoms with van der Waals surface area (Å²) in [7, 11) is 0. The summed E-state index contributed by atoms with van der Waals surface area (Å²) in [4.78, 5) is 0. The molecule has 0 aliphatic rings. The van der Waals surface area contributed by atoms with Crippen molar-refractivity contribution in [1.82, 2.24) is 5.43 Å². The SMILES string of the molecule is CCl.NNCc1ccccc1. The summed E-state index contributed by atoms with van der Waals surface area (Å²) in [5.74, 6) is 5.11. The standard InChI is InChI=1S/C7H10N2.CH3Cl/c8-9-6-7-4-2-1-3-5-7;1-2/h1-5,9H,6,8H2;1H3. The van der Waals surface area contributed by atoms with Crippen LogP contribution in [0.2, 0.25) is 0 Å². The Morgan fingerprint density at radius 3 is 2.27 bits per heavy atom. The molecule has 0 saturated carbocycles. The molecule has 2 nitrogen and oxygen atoms in total. The van der Waals surface area contributed by atoms with E-state index in [9.17, 15) is 0 Å². The predicted molar refractivity (Wildman–Crippen MR) is 49.2 cm³/mol. The van der Waals surface area contributed by atoms with Gasteiger partial charge >= 0.3 is 0 Å². The topological polar surface area (TPSA) is 38.0 Å². The van der Waals surface area contributed by atoms with E-state index in [4.69, 9.17) is 5.84 Å².